The molecule has 0 aromatic rings. The van der Waals surface area contributed by atoms with Crippen molar-refractivity contribution in [2.45, 2.75) is 68.0 Å². The van der Waals surface area contributed by atoms with Crippen LogP contribution in [-0.2, 0) is 19.0 Å². The number of hydrogen-bond acceptors (Lipinski definition) is 12. The summed E-state index contributed by atoms with van der Waals surface area (Å²) in [6.07, 6.45) is -5.58. The van der Waals surface area contributed by atoms with Gasteiger partial charge in [-0.15, -0.1) is 0 Å². The summed E-state index contributed by atoms with van der Waals surface area (Å²) < 4.78 is 16.8. The van der Waals surface area contributed by atoms with Crippen molar-refractivity contribution in [1.29, 1.82) is 0 Å². The number of carbonyl (C=O) groups is 1. The zero-order valence-corrected chi connectivity index (χ0v) is 15.2. The van der Waals surface area contributed by atoms with E-state index >= 15 is 0 Å². The average molecular weight is 394 g/mol. The van der Waals surface area contributed by atoms with Crippen LogP contribution in [0.15, 0.2) is 0 Å². The molecule has 27 heavy (non-hydrogen) atoms. The number of aliphatic hydroxyl groups excluding tert-OH is 2. The molecule has 0 radical (unpaired) electrons. The van der Waals surface area contributed by atoms with Gasteiger partial charge in [-0.25, -0.2) is 0 Å². The molecule has 2 aliphatic heterocycles. The van der Waals surface area contributed by atoms with Gasteiger partial charge in [0.1, 0.15) is 18.3 Å². The first-order chi connectivity index (χ1) is 12.6. The number of aliphatic hydroxyl groups is 3. The molecule has 0 aromatic carbocycles. The summed E-state index contributed by atoms with van der Waals surface area (Å²) in [7, 11) is 1.07. The second-order valence-electron chi connectivity index (χ2n) is 6.74. The third-order valence-electron chi connectivity index (χ3n) is 4.93. The monoisotopic (exact) mass is 394 g/mol. The van der Waals surface area contributed by atoms with Gasteiger partial charge in [0.25, 0.3) is 5.79 Å². The molecule has 1 saturated carbocycles. The van der Waals surface area contributed by atoms with Gasteiger partial charge < -0.3 is 55.2 Å². The van der Waals surface area contributed by atoms with Crippen LogP contribution in [0, 0.1) is 0 Å². The molecule has 12 nitrogen and oxygen atoms in total. The number of fused-ring (bicyclic) bond motifs is 2. The van der Waals surface area contributed by atoms with E-state index in [1.54, 1.807) is 21.0 Å². The third kappa shape index (κ3) is 4.33. The van der Waals surface area contributed by atoms with Gasteiger partial charge >= 0.3 is 7.32 Å². The molecule has 0 spiro atoms. The Balaban J connectivity index is 0.000000596. The van der Waals surface area contributed by atoms with Crippen molar-refractivity contribution in [3.63, 3.8) is 0 Å². The highest BCUT2D eigenvalue weighted by molar-refractivity contribution is 6.30. The molecule has 2 saturated heterocycles. The van der Waals surface area contributed by atoms with Crippen molar-refractivity contribution < 1.29 is 49.4 Å². The first-order valence-corrected chi connectivity index (χ1v) is 8.56. The number of ether oxygens (including phenoxy) is 3. The van der Waals surface area contributed by atoms with Crippen LogP contribution in [0.4, 0.5) is 0 Å². The molecule has 3 rings (SSSR count). The van der Waals surface area contributed by atoms with Gasteiger partial charge in [-0.1, -0.05) is 0 Å². The lowest BCUT2D eigenvalue weighted by Gasteiger charge is -2.55. The number of likely N-dealkylation sites (N-methyl/N-ethyl adjacent to an activating group) is 2. The van der Waals surface area contributed by atoms with E-state index in [1.165, 1.54) is 0 Å². The van der Waals surface area contributed by atoms with Crippen molar-refractivity contribution in [2.75, 3.05) is 14.1 Å². The van der Waals surface area contributed by atoms with Crippen LogP contribution in [0.25, 0.3) is 0 Å². The van der Waals surface area contributed by atoms with Crippen molar-refractivity contribution in [2.24, 2.45) is 0 Å². The summed E-state index contributed by atoms with van der Waals surface area (Å²) in [6, 6.07) is -1.29. The van der Waals surface area contributed by atoms with Crippen LogP contribution in [0.5, 0.6) is 0 Å². The smallest absolute Gasteiger partial charge is 0.402 e. The Morgan fingerprint density at radius 2 is 1.59 bits per heavy atom. The Morgan fingerprint density at radius 3 is 2.11 bits per heavy atom. The standard InChI is InChI=1S/C14H24N2O7.BH3O3/c1-5-4-6(17)14(20)13(21-5)22-12-10(19)7(15-2)9(18)8(16-3)11(12)23-14;2-1(3)4/h5,7-13,15-16,18-20H,4H2,1-3H3;2-4H/t5-,7-,8+,9+,10+,11-,12-,13+,14+;/m1./s1. The molecule has 156 valence electrons. The molecule has 8 N–H and O–H groups in total. The van der Waals surface area contributed by atoms with Gasteiger partial charge in [0.05, 0.1) is 24.3 Å². The highest BCUT2D eigenvalue weighted by Crippen LogP contribution is 2.40. The maximum absolute atomic E-state index is 12.2. The van der Waals surface area contributed by atoms with Crippen LogP contribution >= 0.6 is 0 Å². The van der Waals surface area contributed by atoms with E-state index < -0.39 is 67.8 Å². The molecule has 1 aliphatic carbocycles. The number of rotatable bonds is 2. The van der Waals surface area contributed by atoms with E-state index in [9.17, 15) is 20.1 Å². The molecule has 2 heterocycles. The minimum atomic E-state index is -2.23. The normalized spacial score (nSPS) is 46.6. The molecule has 9 atom stereocenters. The van der Waals surface area contributed by atoms with Crippen LogP contribution in [0.3, 0.4) is 0 Å². The summed E-state index contributed by atoms with van der Waals surface area (Å²) in [5.41, 5.74) is 0. The summed E-state index contributed by atoms with van der Waals surface area (Å²) in [5, 5.41) is 58.7. The topological polar surface area (TPSA) is 190 Å². The number of carbonyl (C=O) groups excluding carboxylic acids is 1. The Hall–Kier alpha value is -0.705. The predicted octanol–water partition coefficient (Wildman–Crippen LogP) is -4.98. The van der Waals surface area contributed by atoms with E-state index in [0.29, 0.717) is 0 Å². The van der Waals surface area contributed by atoms with Gasteiger partial charge in [0.15, 0.2) is 5.78 Å². The highest BCUT2D eigenvalue weighted by Gasteiger charge is 2.63. The van der Waals surface area contributed by atoms with Crippen LogP contribution in [0.1, 0.15) is 13.3 Å². The second-order valence-corrected chi connectivity index (χ2v) is 6.74. The van der Waals surface area contributed by atoms with E-state index in [2.05, 4.69) is 10.6 Å². The number of Topliss-reactive ketones (excluding diaryl/α,β-unsaturated/α-hetero) is 1. The lowest BCUT2D eigenvalue weighted by Crippen LogP contribution is -2.77. The molecular weight excluding hydrogens is 367 g/mol. The molecule has 0 bridgehead atoms. The zero-order valence-electron chi connectivity index (χ0n) is 15.2. The fourth-order valence-electron chi connectivity index (χ4n) is 3.68. The Bertz CT molecular complexity index is 525. The van der Waals surface area contributed by atoms with Gasteiger partial charge in [-0.05, 0) is 21.0 Å². The molecule has 3 fully saturated rings. The maximum atomic E-state index is 12.2. The molecular formula is C14H27BN2O10. The lowest BCUT2D eigenvalue weighted by molar-refractivity contribution is -0.420. The van der Waals surface area contributed by atoms with Gasteiger partial charge in [-0.3, -0.25) is 4.79 Å². The van der Waals surface area contributed by atoms with E-state index in [0.717, 1.165) is 0 Å². The maximum Gasteiger partial charge on any atom is 0.631 e. The Kier molecular flexibility index (Phi) is 7.32. The summed E-state index contributed by atoms with van der Waals surface area (Å²) in [5.74, 6) is -2.76. The summed E-state index contributed by atoms with van der Waals surface area (Å²) in [6.45, 7) is 1.70. The van der Waals surface area contributed by atoms with Crippen molar-refractivity contribution >= 4 is 13.1 Å². The van der Waals surface area contributed by atoms with Crippen LogP contribution < -0.4 is 10.6 Å². The third-order valence-corrected chi connectivity index (χ3v) is 4.93. The fourth-order valence-corrected chi connectivity index (χ4v) is 3.68. The first-order valence-electron chi connectivity index (χ1n) is 8.56. The predicted molar refractivity (Wildman–Crippen MR) is 88.8 cm³/mol. The fraction of sp³-hybridized carbons (Fsp3) is 0.929. The van der Waals surface area contributed by atoms with Gasteiger partial charge in [0.2, 0.25) is 6.29 Å². The van der Waals surface area contributed by atoms with Crippen molar-refractivity contribution in [3.8, 4) is 0 Å². The van der Waals surface area contributed by atoms with E-state index in [-0.39, 0.29) is 6.42 Å². The Labute approximate surface area is 156 Å². The van der Waals surface area contributed by atoms with E-state index in [1.807, 2.05) is 0 Å². The first kappa shape index (κ1) is 22.6. The molecule has 0 aromatic heterocycles. The Morgan fingerprint density at radius 1 is 1.04 bits per heavy atom. The molecule has 3 aliphatic rings. The number of ketones is 1. The highest BCUT2D eigenvalue weighted by atomic mass is 16.8. The summed E-state index contributed by atoms with van der Waals surface area (Å²) >= 11 is 0. The van der Waals surface area contributed by atoms with Gasteiger partial charge in [0, 0.05) is 6.42 Å². The number of nitrogens with one attached hydrogen (secondary N) is 2. The van der Waals surface area contributed by atoms with Crippen molar-refractivity contribution in [3.05, 3.63) is 0 Å². The second kappa shape index (κ2) is 8.76. The van der Waals surface area contributed by atoms with E-state index in [4.69, 9.17) is 29.3 Å². The minimum absolute atomic E-state index is 0.00220. The zero-order chi connectivity index (χ0) is 20.5. The largest absolute Gasteiger partial charge is 0.631 e. The quantitative estimate of drug-likeness (QED) is 0.209. The van der Waals surface area contributed by atoms with Gasteiger partial charge in [-0.2, -0.15) is 0 Å². The van der Waals surface area contributed by atoms with Crippen molar-refractivity contribution in [1.82, 2.24) is 10.6 Å². The molecule has 0 unspecified atom stereocenters. The molecule has 13 heteroatoms. The lowest BCUT2D eigenvalue weighted by atomic mass is 9.80. The van der Waals surface area contributed by atoms with Crippen LogP contribution in [0.2, 0.25) is 0 Å². The van der Waals surface area contributed by atoms with Crippen LogP contribution in [-0.4, -0.2) is 112 Å². The molecule has 0 amide bonds. The average Bonchev–Trinajstić information content (AvgIpc) is 2.56. The number of hydrogen-bond donors (Lipinski definition) is 8. The summed E-state index contributed by atoms with van der Waals surface area (Å²) in [4.78, 5) is 12.2. The minimum Gasteiger partial charge on any atom is -0.402 e. The SMILES string of the molecule is CN[C@@H]1[C@H](O)[C@H](NC)[C@H]2O[C@@]3(O)C(=O)C[C@@H](C)O[C@H]3O[C@@H]2[C@H]1O.OB(O)O.